The van der Waals surface area contributed by atoms with E-state index in [1.165, 1.54) is 17.8 Å². The molecule has 2 aromatic rings. The first kappa shape index (κ1) is 21.3. The summed E-state index contributed by atoms with van der Waals surface area (Å²) >= 11 is 1.45. The molecule has 1 aliphatic carbocycles. The van der Waals surface area contributed by atoms with Crippen LogP contribution in [0, 0.1) is 5.92 Å². The summed E-state index contributed by atoms with van der Waals surface area (Å²) in [7, 11) is 0. The van der Waals surface area contributed by atoms with Gasteiger partial charge in [0.25, 0.3) is 5.91 Å². The zero-order valence-corrected chi connectivity index (χ0v) is 17.8. The first-order valence-electron chi connectivity index (χ1n) is 10.2. The van der Waals surface area contributed by atoms with Crippen molar-refractivity contribution in [2.24, 2.45) is 5.92 Å². The third-order valence-electron chi connectivity index (χ3n) is 5.12. The van der Waals surface area contributed by atoms with Gasteiger partial charge in [0.1, 0.15) is 10.8 Å². The van der Waals surface area contributed by atoms with Gasteiger partial charge in [-0.2, -0.15) is 0 Å². The first-order valence-corrected chi connectivity index (χ1v) is 11.1. The lowest BCUT2D eigenvalue weighted by molar-refractivity contribution is -0.148. The van der Waals surface area contributed by atoms with Gasteiger partial charge in [-0.25, -0.2) is 4.98 Å². The second kappa shape index (κ2) is 10.4. The molecular formula is C22H28N2O4S. The summed E-state index contributed by atoms with van der Waals surface area (Å²) in [5.41, 5.74) is 1.53. The van der Waals surface area contributed by atoms with E-state index >= 15 is 0 Å². The monoisotopic (exact) mass is 416 g/mol. The Morgan fingerprint density at radius 1 is 1.24 bits per heavy atom. The number of carbonyl (C=O) groups excluding carboxylic acids is 2. The van der Waals surface area contributed by atoms with E-state index in [1.54, 1.807) is 0 Å². The lowest BCUT2D eigenvalue weighted by Gasteiger charge is -2.29. The summed E-state index contributed by atoms with van der Waals surface area (Å²) in [4.78, 5) is 28.7. The van der Waals surface area contributed by atoms with Crippen LogP contribution in [-0.4, -0.2) is 36.1 Å². The van der Waals surface area contributed by atoms with Crippen molar-refractivity contribution in [1.29, 1.82) is 0 Å². The van der Waals surface area contributed by atoms with Gasteiger partial charge in [0.2, 0.25) is 0 Å². The molecule has 1 N–H and O–H groups in total. The number of para-hydroxylation sites is 1. The van der Waals surface area contributed by atoms with Crippen molar-refractivity contribution in [3.8, 4) is 16.3 Å². The molecule has 0 radical (unpaired) electrons. The molecule has 1 heterocycles. The number of rotatable bonds is 8. The van der Waals surface area contributed by atoms with Crippen molar-refractivity contribution in [2.45, 2.75) is 52.0 Å². The third-order valence-corrected chi connectivity index (χ3v) is 6.04. The average molecular weight is 417 g/mol. The highest BCUT2D eigenvalue weighted by Crippen LogP contribution is 2.32. The van der Waals surface area contributed by atoms with Crippen molar-refractivity contribution >= 4 is 23.2 Å². The van der Waals surface area contributed by atoms with E-state index in [2.05, 4.69) is 17.2 Å². The topological polar surface area (TPSA) is 77.5 Å². The highest BCUT2D eigenvalue weighted by Gasteiger charge is 2.23. The first-order chi connectivity index (χ1) is 14.1. The predicted octanol–water partition coefficient (Wildman–Crippen LogP) is 3.99. The molecule has 2 unspecified atom stereocenters. The van der Waals surface area contributed by atoms with Crippen molar-refractivity contribution in [3.63, 3.8) is 0 Å². The molecule has 3 rings (SSSR count). The summed E-state index contributed by atoms with van der Waals surface area (Å²) in [5, 5.41) is 5.62. The Labute approximate surface area is 175 Å². The Balaban J connectivity index is 1.50. The molecular weight excluding hydrogens is 388 g/mol. The van der Waals surface area contributed by atoms with Gasteiger partial charge < -0.3 is 14.8 Å². The largest absolute Gasteiger partial charge is 0.493 e. The number of benzene rings is 1. The molecule has 1 amide bonds. The second-order valence-electron chi connectivity index (χ2n) is 7.35. The summed E-state index contributed by atoms with van der Waals surface area (Å²) in [6.45, 7) is 4.42. The molecule has 0 spiro atoms. The highest BCUT2D eigenvalue weighted by atomic mass is 32.1. The highest BCUT2D eigenvalue weighted by molar-refractivity contribution is 7.13. The van der Waals surface area contributed by atoms with Crippen LogP contribution in [0.15, 0.2) is 29.6 Å². The minimum Gasteiger partial charge on any atom is -0.493 e. The molecule has 1 aromatic carbocycles. The number of ether oxygens (including phenoxy) is 2. The molecule has 7 heteroatoms. The Bertz CT molecular complexity index is 836. The fraction of sp³-hybridized carbons (Fsp3) is 0.500. The van der Waals surface area contributed by atoms with E-state index in [0.29, 0.717) is 18.2 Å². The van der Waals surface area contributed by atoms with Gasteiger partial charge in [-0.3, -0.25) is 9.59 Å². The smallest absolute Gasteiger partial charge is 0.312 e. The molecule has 2 atom stereocenters. The summed E-state index contributed by atoms with van der Waals surface area (Å²) in [5.74, 6) is 0.553. The number of amides is 1. The zero-order valence-electron chi connectivity index (χ0n) is 17.0. The molecule has 0 aliphatic heterocycles. The van der Waals surface area contributed by atoms with Crippen LogP contribution >= 0.6 is 11.3 Å². The number of hydrogen-bond donors (Lipinski definition) is 1. The lowest BCUT2D eigenvalue weighted by atomic mass is 9.86. The number of aromatic nitrogens is 1. The maximum Gasteiger partial charge on any atom is 0.312 e. The van der Waals surface area contributed by atoms with Crippen molar-refractivity contribution in [3.05, 3.63) is 35.3 Å². The van der Waals surface area contributed by atoms with Gasteiger partial charge in [0.15, 0.2) is 6.61 Å². The summed E-state index contributed by atoms with van der Waals surface area (Å²) in [6, 6.07) is 7.88. The van der Waals surface area contributed by atoms with E-state index in [-0.39, 0.29) is 25.0 Å². The standard InChI is InChI=1S/C22H28N2O4S/c1-3-27-19-11-7-5-9-17(19)22-23-16(14-29-22)12-21(26)28-13-20(25)24-18-10-6-4-8-15(18)2/h5,7,9,11,14-15,18H,3-4,6,8,10,12-13H2,1-2H3,(H,24,25). The summed E-state index contributed by atoms with van der Waals surface area (Å²) < 4.78 is 10.8. The zero-order chi connectivity index (χ0) is 20.6. The van der Waals surface area contributed by atoms with E-state index in [0.717, 1.165) is 35.6 Å². The maximum absolute atomic E-state index is 12.1. The predicted molar refractivity (Wildman–Crippen MR) is 113 cm³/mol. The van der Waals surface area contributed by atoms with Crippen LogP contribution in [-0.2, 0) is 20.7 Å². The van der Waals surface area contributed by atoms with Gasteiger partial charge in [0, 0.05) is 11.4 Å². The SMILES string of the molecule is CCOc1ccccc1-c1nc(CC(=O)OCC(=O)NC2CCCCC2C)cs1. The minimum absolute atomic E-state index is 0.0421. The normalized spacial score (nSPS) is 18.8. The van der Waals surface area contributed by atoms with E-state index < -0.39 is 5.97 Å². The van der Waals surface area contributed by atoms with Gasteiger partial charge in [-0.15, -0.1) is 11.3 Å². The van der Waals surface area contributed by atoms with Crippen LogP contribution in [0.25, 0.3) is 10.6 Å². The van der Waals surface area contributed by atoms with E-state index in [1.807, 2.05) is 36.6 Å². The fourth-order valence-electron chi connectivity index (χ4n) is 3.56. The Hall–Kier alpha value is -2.41. The quantitative estimate of drug-likeness (QED) is 0.659. The molecule has 6 nitrogen and oxygen atoms in total. The van der Waals surface area contributed by atoms with Crippen LogP contribution in [0.3, 0.4) is 0 Å². The van der Waals surface area contributed by atoms with Gasteiger partial charge in [-0.05, 0) is 37.8 Å². The number of carbonyl (C=O) groups is 2. The van der Waals surface area contributed by atoms with E-state index in [4.69, 9.17) is 9.47 Å². The Morgan fingerprint density at radius 2 is 2.03 bits per heavy atom. The molecule has 0 saturated heterocycles. The average Bonchev–Trinajstić information content (AvgIpc) is 3.17. The molecule has 0 bridgehead atoms. The minimum atomic E-state index is -0.452. The molecule has 1 fully saturated rings. The Morgan fingerprint density at radius 3 is 2.83 bits per heavy atom. The molecule has 156 valence electrons. The maximum atomic E-state index is 12.1. The van der Waals surface area contributed by atoms with Crippen LogP contribution in [0.1, 0.15) is 45.2 Å². The molecule has 1 aromatic heterocycles. The van der Waals surface area contributed by atoms with Gasteiger partial charge in [-0.1, -0.05) is 31.9 Å². The van der Waals surface area contributed by atoms with Crippen molar-refractivity contribution in [1.82, 2.24) is 10.3 Å². The van der Waals surface area contributed by atoms with E-state index in [9.17, 15) is 9.59 Å². The van der Waals surface area contributed by atoms with Gasteiger partial charge in [0.05, 0.1) is 24.3 Å². The third kappa shape index (κ3) is 6.03. The summed E-state index contributed by atoms with van der Waals surface area (Å²) in [6.07, 6.45) is 4.51. The molecule has 1 saturated carbocycles. The Kier molecular flexibility index (Phi) is 7.63. The molecule has 1 aliphatic rings. The van der Waals surface area contributed by atoms with Crippen LogP contribution in [0.5, 0.6) is 5.75 Å². The lowest BCUT2D eigenvalue weighted by Crippen LogP contribution is -2.42. The van der Waals surface area contributed by atoms with Crippen molar-refractivity contribution in [2.75, 3.05) is 13.2 Å². The van der Waals surface area contributed by atoms with Crippen LogP contribution in [0.2, 0.25) is 0 Å². The number of nitrogens with one attached hydrogen (secondary N) is 1. The molecule has 29 heavy (non-hydrogen) atoms. The number of nitrogens with zero attached hydrogens (tertiary/aromatic N) is 1. The number of hydrogen-bond acceptors (Lipinski definition) is 6. The second-order valence-corrected chi connectivity index (χ2v) is 8.20. The van der Waals surface area contributed by atoms with Gasteiger partial charge >= 0.3 is 5.97 Å². The number of esters is 1. The van der Waals surface area contributed by atoms with Crippen LogP contribution < -0.4 is 10.1 Å². The van der Waals surface area contributed by atoms with Crippen LogP contribution in [0.4, 0.5) is 0 Å². The fourth-order valence-corrected chi connectivity index (χ4v) is 4.41. The van der Waals surface area contributed by atoms with Crippen molar-refractivity contribution < 1.29 is 19.1 Å². The number of thiazole rings is 1.